The molecule has 36 heavy (non-hydrogen) atoms. The zero-order chi connectivity index (χ0) is 25.8. The van der Waals surface area contributed by atoms with Crippen LogP contribution in [0.3, 0.4) is 0 Å². The lowest BCUT2D eigenvalue weighted by molar-refractivity contribution is -0.150. The molecule has 9 heteroatoms. The predicted octanol–water partition coefficient (Wildman–Crippen LogP) is 6.35. The number of hydrogen-bond donors (Lipinski definition) is 2. The van der Waals surface area contributed by atoms with Crippen LogP contribution >= 0.6 is 23.2 Å². The number of halogens is 2. The lowest BCUT2D eigenvalue weighted by atomic mass is 10.0. The Morgan fingerprint density at radius 2 is 1.61 bits per heavy atom. The van der Waals surface area contributed by atoms with E-state index in [0.717, 1.165) is 10.8 Å². The summed E-state index contributed by atoms with van der Waals surface area (Å²) < 4.78 is 4.85. The normalized spacial score (nSPS) is 11.6. The van der Waals surface area contributed by atoms with Gasteiger partial charge in [-0.3, -0.25) is 19.4 Å². The number of carbonyl (C=O) groups excluding carboxylic acids is 3. The molecule has 0 unspecified atom stereocenters. The van der Waals surface area contributed by atoms with Gasteiger partial charge in [-0.15, -0.1) is 0 Å². The Balaban J connectivity index is 1.54. The third kappa shape index (κ3) is 5.64. The van der Waals surface area contributed by atoms with Gasteiger partial charge in [0.2, 0.25) is 0 Å². The maximum atomic E-state index is 13.0. The molecule has 0 saturated heterocycles. The molecule has 0 aliphatic rings. The van der Waals surface area contributed by atoms with E-state index in [9.17, 15) is 14.4 Å². The first-order valence-electron chi connectivity index (χ1n) is 11.0. The second kappa shape index (κ2) is 10.8. The van der Waals surface area contributed by atoms with E-state index in [2.05, 4.69) is 15.6 Å². The zero-order valence-corrected chi connectivity index (χ0v) is 20.9. The summed E-state index contributed by atoms with van der Waals surface area (Å²) in [7, 11) is 0. The van der Waals surface area contributed by atoms with Gasteiger partial charge >= 0.3 is 5.97 Å². The number of carbonyl (C=O) groups is 3. The largest absolute Gasteiger partial charge is 0.453 e. The van der Waals surface area contributed by atoms with E-state index < -0.39 is 23.9 Å². The molecule has 7 nitrogen and oxygen atoms in total. The number of fused-ring (bicyclic) bond motifs is 1. The van der Waals surface area contributed by atoms with Crippen molar-refractivity contribution in [1.29, 1.82) is 0 Å². The fraction of sp³-hybridized carbons (Fsp3) is 0.111. The highest BCUT2D eigenvalue weighted by Crippen LogP contribution is 2.34. The summed E-state index contributed by atoms with van der Waals surface area (Å²) in [6, 6.07) is 19.4. The average molecular weight is 522 g/mol. The van der Waals surface area contributed by atoms with E-state index in [1.807, 2.05) is 30.3 Å². The number of aromatic nitrogens is 1. The summed E-state index contributed by atoms with van der Waals surface area (Å²) in [5, 5.41) is 8.02. The average Bonchev–Trinajstić information content (AvgIpc) is 2.84. The Morgan fingerprint density at radius 3 is 2.36 bits per heavy atom. The first-order chi connectivity index (χ1) is 17.2. The molecule has 2 amide bonds. The van der Waals surface area contributed by atoms with Crippen LogP contribution < -0.4 is 10.6 Å². The Labute approximate surface area is 217 Å². The van der Waals surface area contributed by atoms with Gasteiger partial charge < -0.3 is 15.4 Å². The van der Waals surface area contributed by atoms with Gasteiger partial charge in [0.25, 0.3) is 11.8 Å². The number of amides is 2. The molecule has 0 bridgehead atoms. The van der Waals surface area contributed by atoms with Crippen molar-refractivity contribution in [2.24, 2.45) is 0 Å². The monoisotopic (exact) mass is 521 g/mol. The van der Waals surface area contributed by atoms with E-state index in [0.29, 0.717) is 27.7 Å². The van der Waals surface area contributed by atoms with Crippen LogP contribution in [0.2, 0.25) is 10.0 Å². The molecule has 0 aliphatic carbocycles. The number of benzene rings is 3. The minimum atomic E-state index is -0.973. The minimum Gasteiger partial charge on any atom is -0.453 e. The van der Waals surface area contributed by atoms with Gasteiger partial charge in [0.05, 0.1) is 21.3 Å². The summed E-state index contributed by atoms with van der Waals surface area (Å²) in [5.74, 6) is -1.52. The SMILES string of the molecule is CC(=O)O[C@H](C)C(=O)Nc1ccc(C(=O)Nc2ccc(Cl)c(-c3nccc4ccccc34)c2)c(Cl)c1. The van der Waals surface area contributed by atoms with Crippen molar-refractivity contribution in [1.82, 2.24) is 4.98 Å². The topological polar surface area (TPSA) is 97.4 Å². The van der Waals surface area contributed by atoms with Crippen molar-refractivity contribution in [2.45, 2.75) is 20.0 Å². The van der Waals surface area contributed by atoms with Gasteiger partial charge in [0.1, 0.15) is 0 Å². The highest BCUT2D eigenvalue weighted by atomic mass is 35.5. The lowest BCUT2D eigenvalue weighted by Crippen LogP contribution is -2.29. The molecular weight excluding hydrogens is 501 g/mol. The van der Waals surface area contributed by atoms with E-state index in [-0.39, 0.29) is 10.6 Å². The standard InChI is InChI=1S/C27H21Cl2N3O4/c1-15(36-16(2)33)26(34)31-19-7-9-21(24(29)14-19)27(35)32-18-8-10-23(28)22(13-18)25-20-6-4-3-5-17(20)11-12-30-25/h3-15H,1-2H3,(H,31,34)(H,32,35)/t15-/m1/s1. The van der Waals surface area contributed by atoms with Crippen LogP contribution in [0.5, 0.6) is 0 Å². The number of esters is 1. The van der Waals surface area contributed by atoms with E-state index in [1.165, 1.54) is 32.0 Å². The van der Waals surface area contributed by atoms with Crippen molar-refractivity contribution in [3.8, 4) is 11.3 Å². The van der Waals surface area contributed by atoms with Crippen molar-refractivity contribution in [3.63, 3.8) is 0 Å². The van der Waals surface area contributed by atoms with Crippen LogP contribution in [0.25, 0.3) is 22.0 Å². The quantitative estimate of drug-likeness (QED) is 0.288. The van der Waals surface area contributed by atoms with Gasteiger partial charge in [-0.05, 0) is 54.8 Å². The number of rotatable bonds is 6. The van der Waals surface area contributed by atoms with E-state index in [1.54, 1.807) is 24.4 Å². The first kappa shape index (κ1) is 25.2. The van der Waals surface area contributed by atoms with Crippen LogP contribution in [0.4, 0.5) is 11.4 Å². The Hall–Kier alpha value is -3.94. The van der Waals surface area contributed by atoms with Crippen molar-refractivity contribution in [2.75, 3.05) is 10.6 Å². The van der Waals surface area contributed by atoms with Crippen LogP contribution in [0.15, 0.2) is 72.9 Å². The molecule has 182 valence electrons. The van der Waals surface area contributed by atoms with Gasteiger partial charge in [-0.25, -0.2) is 0 Å². The molecule has 1 atom stereocenters. The number of nitrogens with one attached hydrogen (secondary N) is 2. The van der Waals surface area contributed by atoms with Crippen LogP contribution in [0, 0.1) is 0 Å². The molecule has 4 rings (SSSR count). The van der Waals surface area contributed by atoms with Gasteiger partial charge in [0, 0.05) is 35.4 Å². The minimum absolute atomic E-state index is 0.135. The number of nitrogens with zero attached hydrogens (tertiary/aromatic N) is 1. The maximum Gasteiger partial charge on any atom is 0.303 e. The molecule has 1 aromatic heterocycles. The number of pyridine rings is 1. The third-order valence-electron chi connectivity index (χ3n) is 5.35. The molecule has 1 heterocycles. The number of ether oxygens (including phenoxy) is 1. The molecule has 0 aliphatic heterocycles. The van der Waals surface area contributed by atoms with Crippen LogP contribution in [0.1, 0.15) is 24.2 Å². The summed E-state index contributed by atoms with van der Waals surface area (Å²) in [6.07, 6.45) is 0.742. The molecule has 0 saturated carbocycles. The fourth-order valence-corrected chi connectivity index (χ4v) is 4.11. The number of hydrogen-bond acceptors (Lipinski definition) is 5. The summed E-state index contributed by atoms with van der Waals surface area (Å²) in [4.78, 5) is 40.7. The van der Waals surface area contributed by atoms with E-state index in [4.69, 9.17) is 27.9 Å². The molecule has 0 fully saturated rings. The maximum absolute atomic E-state index is 13.0. The second-order valence-corrected chi connectivity index (χ2v) is 8.78. The van der Waals surface area contributed by atoms with Gasteiger partial charge in [-0.1, -0.05) is 47.5 Å². The molecule has 2 N–H and O–H groups in total. The zero-order valence-electron chi connectivity index (χ0n) is 19.3. The Morgan fingerprint density at radius 1 is 0.889 bits per heavy atom. The molecule has 4 aromatic rings. The highest BCUT2D eigenvalue weighted by Gasteiger charge is 2.18. The summed E-state index contributed by atoms with van der Waals surface area (Å²) in [5.41, 5.74) is 2.46. The smallest absolute Gasteiger partial charge is 0.303 e. The Kier molecular flexibility index (Phi) is 7.52. The molecule has 0 spiro atoms. The van der Waals surface area contributed by atoms with Crippen molar-refractivity contribution >= 4 is 63.1 Å². The van der Waals surface area contributed by atoms with Gasteiger partial charge in [-0.2, -0.15) is 0 Å². The summed E-state index contributed by atoms with van der Waals surface area (Å²) >= 11 is 12.8. The summed E-state index contributed by atoms with van der Waals surface area (Å²) in [6.45, 7) is 2.67. The highest BCUT2D eigenvalue weighted by molar-refractivity contribution is 6.35. The van der Waals surface area contributed by atoms with Gasteiger partial charge in [0.15, 0.2) is 6.10 Å². The Bertz CT molecular complexity index is 1480. The fourth-order valence-electron chi connectivity index (χ4n) is 3.64. The molecule has 3 aromatic carbocycles. The van der Waals surface area contributed by atoms with Crippen molar-refractivity contribution in [3.05, 3.63) is 88.5 Å². The molecular formula is C27H21Cl2N3O4. The lowest BCUT2D eigenvalue weighted by Gasteiger charge is -2.14. The molecule has 0 radical (unpaired) electrons. The van der Waals surface area contributed by atoms with E-state index >= 15 is 0 Å². The van der Waals surface area contributed by atoms with Crippen LogP contribution in [-0.2, 0) is 14.3 Å². The third-order valence-corrected chi connectivity index (χ3v) is 5.99. The van der Waals surface area contributed by atoms with Crippen molar-refractivity contribution < 1.29 is 19.1 Å². The first-order valence-corrected chi connectivity index (χ1v) is 11.7. The van der Waals surface area contributed by atoms with Crippen LogP contribution in [-0.4, -0.2) is 28.9 Å². The predicted molar refractivity (Wildman–Crippen MR) is 141 cm³/mol. The second-order valence-electron chi connectivity index (χ2n) is 7.96. The number of anilines is 2.